The van der Waals surface area contributed by atoms with E-state index in [4.69, 9.17) is 5.73 Å². The van der Waals surface area contributed by atoms with Crippen LogP contribution in [0, 0.1) is 0 Å². The summed E-state index contributed by atoms with van der Waals surface area (Å²) in [5.74, 6) is -0.535. The van der Waals surface area contributed by atoms with Crippen molar-refractivity contribution in [1.29, 1.82) is 0 Å². The number of carbonyl (C=O) groups excluding carboxylic acids is 1. The van der Waals surface area contributed by atoms with Gasteiger partial charge in [-0.3, -0.25) is 4.79 Å². The first-order chi connectivity index (χ1) is 10.7. The molecule has 0 fully saturated rings. The molecule has 0 unspecified atom stereocenters. The summed E-state index contributed by atoms with van der Waals surface area (Å²) in [6, 6.07) is 7.80. The van der Waals surface area contributed by atoms with Crippen molar-refractivity contribution in [2.45, 2.75) is 39.2 Å². The minimum absolute atomic E-state index is 0.251. The zero-order chi connectivity index (χ0) is 15.5. The molecular weight excluding hydrogens is 276 g/mol. The number of hydrogen-bond acceptors (Lipinski definition) is 3. The summed E-state index contributed by atoms with van der Waals surface area (Å²) in [6.07, 6.45) is 6.53. The molecule has 0 aliphatic carbocycles. The van der Waals surface area contributed by atoms with E-state index in [9.17, 15) is 4.79 Å². The average molecular weight is 296 g/mol. The monoisotopic (exact) mass is 296 g/mol. The van der Waals surface area contributed by atoms with Crippen molar-refractivity contribution in [3.05, 3.63) is 36.3 Å². The van der Waals surface area contributed by atoms with Crippen LogP contribution in [0.2, 0.25) is 0 Å². The molecule has 0 saturated heterocycles. The fourth-order valence-corrected chi connectivity index (χ4v) is 2.83. The number of para-hydroxylation sites is 1. The van der Waals surface area contributed by atoms with E-state index in [2.05, 4.69) is 21.5 Å². The maximum Gasteiger partial charge on any atom is 0.269 e. The van der Waals surface area contributed by atoms with E-state index < -0.39 is 5.91 Å². The zero-order valence-electron chi connectivity index (χ0n) is 12.7. The molecule has 2 aromatic heterocycles. The maximum absolute atomic E-state index is 11.7. The molecule has 0 radical (unpaired) electrons. The molecule has 0 spiro atoms. The molecule has 5 heteroatoms. The lowest BCUT2D eigenvalue weighted by atomic mass is 10.1. The fourth-order valence-electron chi connectivity index (χ4n) is 2.83. The van der Waals surface area contributed by atoms with Gasteiger partial charge in [-0.2, -0.15) is 0 Å². The fraction of sp³-hybridized carbons (Fsp3) is 0.353. The lowest BCUT2D eigenvalue weighted by Gasteiger charge is -2.08. The zero-order valence-corrected chi connectivity index (χ0v) is 12.7. The number of hydrogen-bond donors (Lipinski definition) is 1. The first kappa shape index (κ1) is 14.5. The summed E-state index contributed by atoms with van der Waals surface area (Å²) in [4.78, 5) is 20.4. The molecule has 0 atom stereocenters. The van der Waals surface area contributed by atoms with Gasteiger partial charge in [0.2, 0.25) is 0 Å². The van der Waals surface area contributed by atoms with Gasteiger partial charge in [-0.15, -0.1) is 0 Å². The van der Waals surface area contributed by atoms with E-state index >= 15 is 0 Å². The number of aryl methyl sites for hydroxylation is 1. The van der Waals surface area contributed by atoms with Crippen LogP contribution in [0.4, 0.5) is 0 Å². The maximum atomic E-state index is 11.7. The van der Waals surface area contributed by atoms with E-state index in [0.717, 1.165) is 29.4 Å². The average Bonchev–Trinajstić information content (AvgIpc) is 2.95. The van der Waals surface area contributed by atoms with Crippen molar-refractivity contribution in [3.63, 3.8) is 0 Å². The van der Waals surface area contributed by atoms with E-state index in [-0.39, 0.29) is 5.69 Å². The number of unbranched alkanes of at least 4 members (excludes halogenated alkanes) is 3. The molecular formula is C17H20N4O. The van der Waals surface area contributed by atoms with Crippen LogP contribution < -0.4 is 5.73 Å². The Balaban J connectivity index is 2.12. The van der Waals surface area contributed by atoms with Gasteiger partial charge < -0.3 is 10.3 Å². The lowest BCUT2D eigenvalue weighted by molar-refractivity contribution is 0.0997. The first-order valence-electron chi connectivity index (χ1n) is 7.75. The standard InChI is InChI=1S/C17H20N4O/c1-2-3-4-7-10-21-11-19-14-15(17(18)22)20-13-9-6-5-8-12(13)16(14)21/h5-6,8-9,11H,2-4,7,10H2,1H3,(H2,18,22). The van der Waals surface area contributed by atoms with Crippen molar-refractivity contribution in [2.24, 2.45) is 5.73 Å². The summed E-state index contributed by atoms with van der Waals surface area (Å²) < 4.78 is 2.11. The second kappa shape index (κ2) is 6.13. The summed E-state index contributed by atoms with van der Waals surface area (Å²) in [6.45, 7) is 3.09. The Bertz CT molecular complexity index is 822. The minimum atomic E-state index is -0.535. The third-order valence-corrected chi connectivity index (χ3v) is 3.94. The molecule has 2 N–H and O–H groups in total. The van der Waals surface area contributed by atoms with Crippen LogP contribution in [-0.4, -0.2) is 20.4 Å². The topological polar surface area (TPSA) is 73.8 Å². The second-order valence-electron chi connectivity index (χ2n) is 5.54. The number of rotatable bonds is 6. The Hall–Kier alpha value is -2.43. The molecule has 3 aromatic rings. The molecule has 3 rings (SSSR count). The van der Waals surface area contributed by atoms with Crippen LogP contribution >= 0.6 is 0 Å². The predicted molar refractivity (Wildman–Crippen MR) is 87.7 cm³/mol. The Morgan fingerprint density at radius 3 is 2.82 bits per heavy atom. The molecule has 0 saturated carbocycles. The van der Waals surface area contributed by atoms with Crippen LogP contribution in [0.1, 0.15) is 43.1 Å². The first-order valence-corrected chi connectivity index (χ1v) is 7.75. The number of aromatic nitrogens is 3. The van der Waals surface area contributed by atoms with E-state index in [1.165, 1.54) is 19.3 Å². The molecule has 0 aliphatic rings. The van der Waals surface area contributed by atoms with Crippen molar-refractivity contribution in [3.8, 4) is 0 Å². The molecule has 1 amide bonds. The van der Waals surface area contributed by atoms with Gasteiger partial charge in [0.15, 0.2) is 5.69 Å². The van der Waals surface area contributed by atoms with Gasteiger partial charge in [-0.1, -0.05) is 44.4 Å². The lowest BCUT2D eigenvalue weighted by Crippen LogP contribution is -2.14. The highest BCUT2D eigenvalue weighted by Crippen LogP contribution is 2.26. The number of amides is 1. The van der Waals surface area contributed by atoms with Crippen LogP contribution in [0.5, 0.6) is 0 Å². The van der Waals surface area contributed by atoms with Crippen molar-refractivity contribution in [1.82, 2.24) is 14.5 Å². The van der Waals surface area contributed by atoms with E-state index in [1.807, 2.05) is 24.3 Å². The van der Waals surface area contributed by atoms with Gasteiger partial charge in [0.05, 0.1) is 17.4 Å². The van der Waals surface area contributed by atoms with Gasteiger partial charge in [-0.05, 0) is 12.5 Å². The third kappa shape index (κ3) is 2.54. The van der Waals surface area contributed by atoms with Gasteiger partial charge in [0, 0.05) is 11.9 Å². The van der Waals surface area contributed by atoms with Crippen molar-refractivity contribution >= 4 is 27.8 Å². The number of fused-ring (bicyclic) bond motifs is 3. The van der Waals surface area contributed by atoms with Gasteiger partial charge in [0.25, 0.3) is 5.91 Å². The highest BCUT2D eigenvalue weighted by Gasteiger charge is 2.16. The number of benzene rings is 1. The predicted octanol–water partition coefficient (Wildman–Crippen LogP) is 3.26. The molecule has 5 nitrogen and oxygen atoms in total. The van der Waals surface area contributed by atoms with Crippen LogP contribution in [0.25, 0.3) is 21.9 Å². The van der Waals surface area contributed by atoms with Gasteiger partial charge >= 0.3 is 0 Å². The molecule has 0 bridgehead atoms. The number of imidazole rings is 1. The smallest absolute Gasteiger partial charge is 0.269 e. The SMILES string of the molecule is CCCCCCn1cnc2c(C(N)=O)nc3ccccc3c21. The summed E-state index contributed by atoms with van der Waals surface area (Å²) in [5, 5.41) is 1.01. The molecule has 0 aliphatic heterocycles. The number of nitrogens with zero attached hydrogens (tertiary/aromatic N) is 3. The number of nitrogens with two attached hydrogens (primary N) is 1. The third-order valence-electron chi connectivity index (χ3n) is 3.94. The normalized spacial score (nSPS) is 11.3. The number of carbonyl (C=O) groups is 1. The quantitative estimate of drug-likeness (QED) is 0.709. The van der Waals surface area contributed by atoms with Crippen LogP contribution in [0.3, 0.4) is 0 Å². The number of pyridine rings is 1. The molecule has 22 heavy (non-hydrogen) atoms. The second-order valence-corrected chi connectivity index (χ2v) is 5.54. The van der Waals surface area contributed by atoms with E-state index in [1.54, 1.807) is 6.33 Å². The molecule has 2 heterocycles. The summed E-state index contributed by atoms with van der Waals surface area (Å²) in [7, 11) is 0. The van der Waals surface area contributed by atoms with E-state index in [0.29, 0.717) is 5.52 Å². The highest BCUT2D eigenvalue weighted by molar-refractivity contribution is 6.11. The Labute approximate surface area is 129 Å². The Morgan fingerprint density at radius 1 is 1.23 bits per heavy atom. The minimum Gasteiger partial charge on any atom is -0.364 e. The van der Waals surface area contributed by atoms with Crippen molar-refractivity contribution < 1.29 is 4.79 Å². The molecule has 1 aromatic carbocycles. The summed E-state index contributed by atoms with van der Waals surface area (Å²) in [5.41, 5.74) is 8.05. The van der Waals surface area contributed by atoms with Gasteiger partial charge in [0.1, 0.15) is 5.52 Å². The van der Waals surface area contributed by atoms with Crippen LogP contribution in [-0.2, 0) is 6.54 Å². The Morgan fingerprint density at radius 2 is 2.05 bits per heavy atom. The van der Waals surface area contributed by atoms with Gasteiger partial charge in [-0.25, -0.2) is 9.97 Å². The highest BCUT2D eigenvalue weighted by atomic mass is 16.1. The summed E-state index contributed by atoms with van der Waals surface area (Å²) >= 11 is 0. The Kier molecular flexibility index (Phi) is 4.04. The van der Waals surface area contributed by atoms with Crippen LogP contribution in [0.15, 0.2) is 30.6 Å². The van der Waals surface area contributed by atoms with Crippen molar-refractivity contribution in [2.75, 3.05) is 0 Å². The largest absolute Gasteiger partial charge is 0.364 e. The number of primary amides is 1. The molecule has 114 valence electrons.